The smallest absolute Gasteiger partial charge is 0.195 e. The summed E-state index contributed by atoms with van der Waals surface area (Å²) in [5.41, 5.74) is 1.54. The lowest BCUT2D eigenvalue weighted by molar-refractivity contribution is 0.453. The fraction of sp³-hybridized carbons (Fsp3) is 0.143. The molecule has 0 aliphatic heterocycles. The van der Waals surface area contributed by atoms with Gasteiger partial charge in [0.1, 0.15) is 17.5 Å². The number of hydrogen-bond acceptors (Lipinski definition) is 0. The molecule has 0 aliphatic rings. The first-order valence-electron chi connectivity index (χ1n) is 10.6. The van der Waals surface area contributed by atoms with Gasteiger partial charge in [-0.25, -0.2) is 26.3 Å². The van der Waals surface area contributed by atoms with Crippen LogP contribution in [0.3, 0.4) is 0 Å². The van der Waals surface area contributed by atoms with E-state index >= 15 is 0 Å². The first-order chi connectivity index (χ1) is 16.3. The van der Waals surface area contributed by atoms with Crippen molar-refractivity contribution in [2.45, 2.75) is 26.2 Å². The molecule has 0 N–H and O–H groups in total. The number of fused-ring (bicyclic) bond motifs is 1. The third kappa shape index (κ3) is 4.79. The summed E-state index contributed by atoms with van der Waals surface area (Å²) in [6, 6.07) is 11.9. The number of benzene rings is 4. The quantitative estimate of drug-likeness (QED) is 0.166. The van der Waals surface area contributed by atoms with Crippen LogP contribution in [0.1, 0.15) is 34.7 Å². The molecule has 0 fully saturated rings. The summed E-state index contributed by atoms with van der Waals surface area (Å²) in [4.78, 5) is 0. The Hall–Kier alpha value is -3.72. The highest BCUT2D eigenvalue weighted by molar-refractivity contribution is 5.84. The van der Waals surface area contributed by atoms with Crippen LogP contribution in [0.25, 0.3) is 10.8 Å². The van der Waals surface area contributed by atoms with E-state index in [0.717, 1.165) is 6.07 Å². The predicted octanol–water partition coefficient (Wildman–Crippen LogP) is 7.42. The Morgan fingerprint density at radius 1 is 0.618 bits per heavy atom. The zero-order valence-electron chi connectivity index (χ0n) is 18.1. The zero-order chi connectivity index (χ0) is 24.4. The summed E-state index contributed by atoms with van der Waals surface area (Å²) >= 11 is 0. The van der Waals surface area contributed by atoms with Crippen LogP contribution in [0.2, 0.25) is 0 Å². The molecule has 34 heavy (non-hydrogen) atoms. The van der Waals surface area contributed by atoms with Gasteiger partial charge in [0.05, 0.1) is 5.56 Å². The van der Waals surface area contributed by atoms with Crippen LogP contribution in [0.4, 0.5) is 26.3 Å². The van der Waals surface area contributed by atoms with E-state index in [9.17, 15) is 26.3 Å². The molecule has 0 atom stereocenters. The number of rotatable bonds is 4. The Kier molecular flexibility index (Phi) is 6.65. The van der Waals surface area contributed by atoms with E-state index < -0.39 is 34.9 Å². The maximum atomic E-state index is 14.5. The molecule has 0 amide bonds. The maximum absolute atomic E-state index is 14.5. The summed E-state index contributed by atoms with van der Waals surface area (Å²) in [5, 5.41) is 0.0441. The van der Waals surface area contributed by atoms with Gasteiger partial charge in [-0.1, -0.05) is 30.9 Å². The average molecular weight is 468 g/mol. The molecule has 0 heterocycles. The first-order valence-corrected chi connectivity index (χ1v) is 10.6. The maximum Gasteiger partial charge on any atom is 0.195 e. The van der Waals surface area contributed by atoms with Crippen LogP contribution in [0, 0.1) is 46.7 Å². The molecule has 0 spiro atoms. The molecular formula is C28H18F6. The number of hydrogen-bond donors (Lipinski definition) is 0. The molecule has 172 valence electrons. The Bertz CT molecular complexity index is 1440. The monoisotopic (exact) mass is 468 g/mol. The summed E-state index contributed by atoms with van der Waals surface area (Å²) in [7, 11) is 0. The molecule has 0 nitrogen and oxygen atoms in total. The second-order valence-corrected chi connectivity index (χ2v) is 7.88. The lowest BCUT2D eigenvalue weighted by Gasteiger charge is -2.08. The van der Waals surface area contributed by atoms with Crippen LogP contribution >= 0.6 is 0 Å². The van der Waals surface area contributed by atoms with Crippen LogP contribution in [0.15, 0.2) is 54.6 Å². The van der Waals surface area contributed by atoms with E-state index in [2.05, 4.69) is 11.8 Å². The second-order valence-electron chi connectivity index (χ2n) is 7.88. The van der Waals surface area contributed by atoms with Crippen molar-refractivity contribution in [1.29, 1.82) is 0 Å². The van der Waals surface area contributed by atoms with Gasteiger partial charge >= 0.3 is 0 Å². The minimum Gasteiger partial charge on any atom is -0.207 e. The van der Waals surface area contributed by atoms with Crippen molar-refractivity contribution in [2.75, 3.05) is 0 Å². The van der Waals surface area contributed by atoms with Gasteiger partial charge < -0.3 is 0 Å². The number of aryl methyl sites for hydroxylation is 2. The molecule has 0 aromatic heterocycles. The van der Waals surface area contributed by atoms with Crippen molar-refractivity contribution in [3.8, 4) is 11.8 Å². The van der Waals surface area contributed by atoms with Gasteiger partial charge in [0.2, 0.25) is 0 Å². The van der Waals surface area contributed by atoms with E-state index in [1.807, 2.05) is 6.92 Å². The summed E-state index contributed by atoms with van der Waals surface area (Å²) < 4.78 is 83.6. The Morgan fingerprint density at radius 2 is 1.32 bits per heavy atom. The summed E-state index contributed by atoms with van der Waals surface area (Å²) in [6.45, 7) is 1.81. The van der Waals surface area contributed by atoms with Gasteiger partial charge in [0.15, 0.2) is 17.5 Å². The fourth-order valence-corrected chi connectivity index (χ4v) is 3.71. The Balaban J connectivity index is 1.52. The fourth-order valence-electron chi connectivity index (χ4n) is 3.71. The molecule has 0 unspecified atom stereocenters. The van der Waals surface area contributed by atoms with E-state index in [1.165, 1.54) is 42.5 Å². The van der Waals surface area contributed by atoms with Crippen molar-refractivity contribution in [3.63, 3.8) is 0 Å². The third-order valence-electron chi connectivity index (χ3n) is 5.62. The van der Waals surface area contributed by atoms with Crippen LogP contribution < -0.4 is 0 Å². The van der Waals surface area contributed by atoms with Gasteiger partial charge in [0, 0.05) is 16.5 Å². The number of halogens is 6. The highest BCUT2D eigenvalue weighted by Crippen LogP contribution is 2.24. The normalized spacial score (nSPS) is 10.9. The first kappa shape index (κ1) is 23.4. The molecule has 6 heteroatoms. The molecular weight excluding hydrogens is 450 g/mol. The predicted molar refractivity (Wildman–Crippen MR) is 119 cm³/mol. The molecule has 0 bridgehead atoms. The Morgan fingerprint density at radius 3 is 2.00 bits per heavy atom. The van der Waals surface area contributed by atoms with E-state index in [0.29, 0.717) is 23.1 Å². The van der Waals surface area contributed by atoms with Crippen molar-refractivity contribution in [1.82, 2.24) is 0 Å². The summed E-state index contributed by atoms with van der Waals surface area (Å²) in [6.07, 6.45) is 0.840. The standard InChI is InChI=1S/C28H18F6/c1-2-16-12-24(30)22(25(31)13-16)10-6-18-4-8-19(23(29)14-18)7-3-17-5-9-21-20(11-17)15-26(32)28(34)27(21)33/h4-5,8-9,11-15H,2,6,10H2,1H3. The van der Waals surface area contributed by atoms with Gasteiger partial charge in [0.25, 0.3) is 0 Å². The molecule has 4 aromatic carbocycles. The lowest BCUT2D eigenvalue weighted by Crippen LogP contribution is -2.01. The average Bonchev–Trinajstić information content (AvgIpc) is 2.81. The van der Waals surface area contributed by atoms with Crippen molar-refractivity contribution < 1.29 is 26.3 Å². The molecule has 0 saturated carbocycles. The lowest BCUT2D eigenvalue weighted by atomic mass is 10.00. The third-order valence-corrected chi connectivity index (χ3v) is 5.62. The van der Waals surface area contributed by atoms with Crippen molar-refractivity contribution in [3.05, 3.63) is 117 Å². The van der Waals surface area contributed by atoms with Crippen LogP contribution in [-0.2, 0) is 19.3 Å². The molecule has 0 saturated heterocycles. The van der Waals surface area contributed by atoms with Crippen LogP contribution in [0.5, 0.6) is 0 Å². The topological polar surface area (TPSA) is 0 Å². The van der Waals surface area contributed by atoms with Gasteiger partial charge in [-0.2, -0.15) is 0 Å². The van der Waals surface area contributed by atoms with Crippen LogP contribution in [-0.4, -0.2) is 0 Å². The Labute approximate surface area is 192 Å². The SMILES string of the molecule is CCc1cc(F)c(CCc2ccc(C#Cc3ccc4c(F)c(F)c(F)cc4c3)c(F)c2)c(F)c1. The van der Waals surface area contributed by atoms with Gasteiger partial charge in [-0.3, -0.25) is 0 Å². The van der Waals surface area contributed by atoms with Gasteiger partial charge in [-0.15, -0.1) is 0 Å². The van der Waals surface area contributed by atoms with Crippen molar-refractivity contribution in [2.24, 2.45) is 0 Å². The second kappa shape index (κ2) is 9.64. The minimum atomic E-state index is -1.54. The highest BCUT2D eigenvalue weighted by Gasteiger charge is 2.14. The largest absolute Gasteiger partial charge is 0.207 e. The highest BCUT2D eigenvalue weighted by atomic mass is 19.2. The van der Waals surface area contributed by atoms with Crippen molar-refractivity contribution >= 4 is 10.8 Å². The van der Waals surface area contributed by atoms with E-state index in [1.54, 1.807) is 6.07 Å². The summed E-state index contributed by atoms with van der Waals surface area (Å²) in [5.74, 6) is -0.581. The molecule has 4 aromatic rings. The van der Waals surface area contributed by atoms with E-state index in [-0.39, 0.29) is 34.7 Å². The zero-order valence-corrected chi connectivity index (χ0v) is 18.1. The molecule has 0 aliphatic carbocycles. The minimum absolute atomic E-state index is 0.0365. The van der Waals surface area contributed by atoms with E-state index in [4.69, 9.17) is 0 Å². The molecule has 0 radical (unpaired) electrons. The molecule has 4 rings (SSSR count). The van der Waals surface area contributed by atoms with Gasteiger partial charge in [-0.05, 0) is 78.2 Å².